The highest BCUT2D eigenvalue weighted by Gasteiger charge is 2.18. The van der Waals surface area contributed by atoms with Crippen LogP contribution in [0.25, 0.3) is 0 Å². The molecule has 1 aliphatic heterocycles. The lowest BCUT2D eigenvalue weighted by atomic mass is 10.2. The van der Waals surface area contributed by atoms with Gasteiger partial charge in [0.25, 0.3) is 11.6 Å². The number of hydrogen-bond acceptors (Lipinski definition) is 3. The van der Waals surface area contributed by atoms with Crippen LogP contribution in [-0.4, -0.2) is 41.1 Å². The van der Waals surface area contributed by atoms with E-state index in [1.54, 1.807) is 0 Å². The summed E-state index contributed by atoms with van der Waals surface area (Å²) in [7, 11) is 0.949. The molecule has 1 aromatic rings. The topological polar surface area (TPSA) is 63.4 Å². The van der Waals surface area contributed by atoms with Crippen LogP contribution in [0.5, 0.6) is 0 Å². The van der Waals surface area contributed by atoms with Gasteiger partial charge in [0.05, 0.1) is 4.92 Å². The molecule has 0 spiro atoms. The van der Waals surface area contributed by atoms with Gasteiger partial charge in [-0.25, -0.2) is 0 Å². The summed E-state index contributed by atoms with van der Waals surface area (Å²) in [6.07, 6.45) is 2.14. The first-order valence-electron chi connectivity index (χ1n) is 6.43. The van der Waals surface area contributed by atoms with E-state index in [0.29, 0.717) is 5.56 Å². The molecule has 2 rings (SSSR count). The van der Waals surface area contributed by atoms with Crippen molar-refractivity contribution < 1.29 is 9.72 Å². The predicted molar refractivity (Wildman–Crippen MR) is 78.4 cm³/mol. The smallest absolute Gasteiger partial charge is 0.269 e. The van der Waals surface area contributed by atoms with Crippen molar-refractivity contribution in [2.45, 2.75) is 13.8 Å². The van der Waals surface area contributed by atoms with E-state index in [1.807, 2.05) is 18.7 Å². The number of rotatable bonds is 2. The van der Waals surface area contributed by atoms with Crippen molar-refractivity contribution in [2.24, 2.45) is 0 Å². The van der Waals surface area contributed by atoms with E-state index < -0.39 is 4.92 Å². The molecule has 104 valence electrons. The molecule has 0 N–H and O–H groups in total. The monoisotopic (exact) mass is 282 g/mol. The standard InChI is InChI=1S/C11H13N2O3P.C2H6/c14-11(12-5-7-17-8-6-12)9-1-3-10(4-2-9)13(15)16;1-2/h1-4,17H,5-8H2;1-2H3. The van der Waals surface area contributed by atoms with Gasteiger partial charge in [-0.05, 0) is 24.5 Å². The van der Waals surface area contributed by atoms with Crippen LogP contribution in [0.1, 0.15) is 24.2 Å². The van der Waals surface area contributed by atoms with Gasteiger partial charge in [-0.3, -0.25) is 14.9 Å². The molecule has 0 aliphatic carbocycles. The molecule has 0 bridgehead atoms. The molecule has 0 atom stereocenters. The number of nitro benzene ring substituents is 1. The normalized spacial score (nSPS) is 14.3. The summed E-state index contributed by atoms with van der Waals surface area (Å²) in [6, 6.07) is 5.80. The van der Waals surface area contributed by atoms with E-state index >= 15 is 0 Å². The maximum atomic E-state index is 12.0. The van der Waals surface area contributed by atoms with Gasteiger partial charge in [0.15, 0.2) is 0 Å². The van der Waals surface area contributed by atoms with Crippen LogP contribution in [0.4, 0.5) is 5.69 Å². The number of amides is 1. The van der Waals surface area contributed by atoms with Gasteiger partial charge < -0.3 is 4.90 Å². The largest absolute Gasteiger partial charge is 0.338 e. The van der Waals surface area contributed by atoms with Gasteiger partial charge in [-0.1, -0.05) is 13.8 Å². The first-order valence-corrected chi connectivity index (χ1v) is 7.84. The number of nitrogens with zero attached hydrogens (tertiary/aromatic N) is 2. The van der Waals surface area contributed by atoms with Crippen molar-refractivity contribution >= 4 is 20.2 Å². The second-order valence-electron chi connectivity index (χ2n) is 3.85. The molecule has 6 heteroatoms. The molecule has 1 saturated heterocycles. The molecule has 0 radical (unpaired) electrons. The van der Waals surface area contributed by atoms with Crippen molar-refractivity contribution in [2.75, 3.05) is 25.4 Å². The van der Waals surface area contributed by atoms with E-state index in [1.165, 1.54) is 24.3 Å². The molecule has 0 aromatic heterocycles. The SMILES string of the molecule is CC.O=C(c1ccc([N+](=O)[O-])cc1)N1CCPCC1. The molecule has 1 heterocycles. The Bertz CT molecular complexity index is 428. The van der Waals surface area contributed by atoms with Crippen LogP contribution in [0, 0.1) is 10.1 Å². The van der Waals surface area contributed by atoms with Crippen molar-refractivity contribution in [1.82, 2.24) is 4.90 Å². The second kappa shape index (κ2) is 7.85. The molecule has 19 heavy (non-hydrogen) atoms. The Hall–Kier alpha value is -1.48. The highest BCUT2D eigenvalue weighted by atomic mass is 31.1. The summed E-state index contributed by atoms with van der Waals surface area (Å²) < 4.78 is 0. The molecule has 5 nitrogen and oxygen atoms in total. The fourth-order valence-corrected chi connectivity index (χ4v) is 2.88. The summed E-state index contributed by atoms with van der Waals surface area (Å²) in [5.41, 5.74) is 0.544. The third-order valence-electron chi connectivity index (χ3n) is 2.73. The average molecular weight is 282 g/mol. The minimum atomic E-state index is -0.462. The van der Waals surface area contributed by atoms with Gasteiger partial charge in [0, 0.05) is 30.8 Å². The van der Waals surface area contributed by atoms with Gasteiger partial charge in [-0.15, -0.1) is 8.58 Å². The highest BCUT2D eigenvalue weighted by molar-refractivity contribution is 7.38. The maximum Gasteiger partial charge on any atom is 0.269 e. The molecule has 0 unspecified atom stereocenters. The van der Waals surface area contributed by atoms with E-state index in [9.17, 15) is 14.9 Å². The summed E-state index contributed by atoms with van der Waals surface area (Å²) in [5, 5.41) is 10.5. The summed E-state index contributed by atoms with van der Waals surface area (Å²) in [4.78, 5) is 23.9. The summed E-state index contributed by atoms with van der Waals surface area (Å²) in [6.45, 7) is 5.60. The molecule has 0 saturated carbocycles. The van der Waals surface area contributed by atoms with Gasteiger partial charge >= 0.3 is 0 Å². The van der Waals surface area contributed by atoms with Crippen LogP contribution in [0.15, 0.2) is 24.3 Å². The number of carbonyl (C=O) groups is 1. The molecule has 1 amide bonds. The number of hydrogen-bond donors (Lipinski definition) is 0. The minimum absolute atomic E-state index is 0.0154. The lowest BCUT2D eigenvalue weighted by Crippen LogP contribution is -2.37. The lowest BCUT2D eigenvalue weighted by molar-refractivity contribution is -0.384. The third kappa shape index (κ3) is 4.28. The fraction of sp³-hybridized carbons (Fsp3) is 0.462. The van der Waals surface area contributed by atoms with Crippen molar-refractivity contribution in [3.63, 3.8) is 0 Å². The summed E-state index contributed by atoms with van der Waals surface area (Å²) in [5.74, 6) is -0.0237. The first-order chi connectivity index (χ1) is 9.18. The molecular formula is C13H19N2O3P. The number of nitro groups is 1. The van der Waals surface area contributed by atoms with Crippen LogP contribution in [0.3, 0.4) is 0 Å². The molecular weight excluding hydrogens is 263 g/mol. The molecule has 1 fully saturated rings. The zero-order valence-electron chi connectivity index (χ0n) is 11.3. The van der Waals surface area contributed by atoms with Crippen LogP contribution in [-0.2, 0) is 0 Å². The van der Waals surface area contributed by atoms with E-state index in [-0.39, 0.29) is 11.6 Å². The minimum Gasteiger partial charge on any atom is -0.338 e. The van der Waals surface area contributed by atoms with Crippen LogP contribution in [0.2, 0.25) is 0 Å². The Morgan fingerprint density at radius 3 is 2.21 bits per heavy atom. The zero-order valence-corrected chi connectivity index (χ0v) is 12.3. The maximum absolute atomic E-state index is 12.0. The Balaban J connectivity index is 0.000000861. The number of non-ortho nitro benzene ring substituents is 1. The highest BCUT2D eigenvalue weighted by Crippen LogP contribution is 2.19. The summed E-state index contributed by atoms with van der Waals surface area (Å²) >= 11 is 0. The van der Waals surface area contributed by atoms with Crippen LogP contribution >= 0.6 is 8.58 Å². The van der Waals surface area contributed by atoms with Crippen molar-refractivity contribution in [3.8, 4) is 0 Å². The predicted octanol–water partition coefficient (Wildman–Crippen LogP) is 2.76. The first kappa shape index (κ1) is 15.6. The van der Waals surface area contributed by atoms with Gasteiger partial charge in [-0.2, -0.15) is 0 Å². The Morgan fingerprint density at radius 2 is 1.74 bits per heavy atom. The van der Waals surface area contributed by atoms with E-state index in [0.717, 1.165) is 34.0 Å². The second-order valence-corrected chi connectivity index (χ2v) is 5.35. The van der Waals surface area contributed by atoms with Crippen molar-refractivity contribution in [3.05, 3.63) is 39.9 Å². The van der Waals surface area contributed by atoms with E-state index in [4.69, 9.17) is 0 Å². The fourth-order valence-electron chi connectivity index (χ4n) is 1.78. The van der Waals surface area contributed by atoms with Crippen molar-refractivity contribution in [1.29, 1.82) is 0 Å². The Labute approximate surface area is 114 Å². The Morgan fingerprint density at radius 1 is 1.21 bits per heavy atom. The lowest BCUT2D eigenvalue weighted by Gasteiger charge is -2.26. The Kier molecular flexibility index (Phi) is 6.43. The number of carbonyl (C=O) groups excluding carboxylic acids is 1. The van der Waals surface area contributed by atoms with E-state index in [2.05, 4.69) is 0 Å². The molecule has 1 aliphatic rings. The average Bonchev–Trinajstić information content (AvgIpc) is 2.49. The van der Waals surface area contributed by atoms with Gasteiger partial charge in [0.2, 0.25) is 0 Å². The quantitative estimate of drug-likeness (QED) is 0.476. The zero-order chi connectivity index (χ0) is 14.3. The van der Waals surface area contributed by atoms with Crippen LogP contribution < -0.4 is 0 Å². The van der Waals surface area contributed by atoms with Gasteiger partial charge in [0.1, 0.15) is 0 Å². The third-order valence-corrected chi connectivity index (χ3v) is 3.88. The number of benzene rings is 1. The molecule has 1 aromatic carbocycles.